The number of pyridine rings is 1. The summed E-state index contributed by atoms with van der Waals surface area (Å²) in [4.78, 5) is 43.9. The highest BCUT2D eigenvalue weighted by Gasteiger charge is 2.72. The van der Waals surface area contributed by atoms with Gasteiger partial charge in [-0.2, -0.15) is 0 Å². The minimum absolute atomic E-state index is 0.115. The molecule has 0 bridgehead atoms. The number of fused-ring (bicyclic) bond motifs is 7. The highest BCUT2D eigenvalue weighted by Crippen LogP contribution is 2.77. The number of aliphatic carboxylic acids is 1. The summed E-state index contributed by atoms with van der Waals surface area (Å²) in [5.74, 6) is 0.932. The molecule has 2 N–H and O–H groups in total. The topological polar surface area (TPSA) is 106 Å². The minimum atomic E-state index is -1.15. The number of hydrogen-bond acceptors (Lipinski definition) is 5. The molecule has 50 heavy (non-hydrogen) atoms. The maximum Gasteiger partial charge on any atom is 0.309 e. The highest BCUT2D eigenvalue weighted by molar-refractivity contribution is 5.84. The van der Waals surface area contributed by atoms with E-state index in [-0.39, 0.29) is 45.5 Å². The Labute approximate surface area is 301 Å². The number of nitrogens with one attached hydrogen (secondary N) is 1. The van der Waals surface area contributed by atoms with Gasteiger partial charge in [0.1, 0.15) is 6.10 Å². The number of aromatic nitrogens is 1. The molecule has 10 atom stereocenters. The summed E-state index contributed by atoms with van der Waals surface area (Å²) >= 11 is 0. The Morgan fingerprint density at radius 2 is 1.68 bits per heavy atom. The molecule has 7 heteroatoms. The summed E-state index contributed by atoms with van der Waals surface area (Å²) in [6, 6.07) is 4.01. The summed E-state index contributed by atoms with van der Waals surface area (Å²) in [5, 5.41) is 13.0. The van der Waals surface area contributed by atoms with Crippen molar-refractivity contribution in [1.82, 2.24) is 10.3 Å². The first-order chi connectivity index (χ1) is 23.2. The second kappa shape index (κ2) is 12.5. The Balaban J connectivity index is 1.25. The van der Waals surface area contributed by atoms with Crippen LogP contribution in [0.15, 0.2) is 30.5 Å². The molecule has 4 unspecified atom stereocenters. The number of carboxylic acid groups (broad SMARTS) is 1. The Kier molecular flexibility index (Phi) is 9.24. The Morgan fingerprint density at radius 3 is 2.34 bits per heavy atom. The van der Waals surface area contributed by atoms with Crippen LogP contribution in [0.1, 0.15) is 137 Å². The molecule has 6 rings (SSSR count). The molecule has 0 aromatic carbocycles. The van der Waals surface area contributed by atoms with Crippen LogP contribution in [0, 0.1) is 69.0 Å². The zero-order valence-electron chi connectivity index (χ0n) is 32.4. The van der Waals surface area contributed by atoms with Gasteiger partial charge in [0, 0.05) is 11.6 Å². The lowest BCUT2D eigenvalue weighted by atomic mass is 9.32. The SMILES string of the molecule is C=C(C)[C@@H]1CC[C@]2(C(=O)NCc3ncccc3C)CC[C@]3(C)C(CCC4[C@@]5(C)CC[C@H](OC(=O)CC(C)(C)C(=O)O)C(C)(C)C5CC[C@]43C)C12. The van der Waals surface area contributed by atoms with Gasteiger partial charge in [0.05, 0.1) is 29.5 Å². The molecule has 5 aliphatic carbocycles. The summed E-state index contributed by atoms with van der Waals surface area (Å²) < 4.78 is 6.17. The van der Waals surface area contributed by atoms with Crippen LogP contribution in [0.5, 0.6) is 0 Å². The molecule has 1 heterocycles. The fraction of sp³-hybridized carbons (Fsp3) is 0.767. The van der Waals surface area contributed by atoms with E-state index < -0.39 is 17.4 Å². The number of carboxylic acids is 1. The van der Waals surface area contributed by atoms with Crippen molar-refractivity contribution < 1.29 is 24.2 Å². The van der Waals surface area contributed by atoms with E-state index in [1.54, 1.807) is 13.8 Å². The van der Waals surface area contributed by atoms with E-state index in [0.717, 1.165) is 69.0 Å². The van der Waals surface area contributed by atoms with Crippen molar-refractivity contribution in [2.75, 3.05) is 0 Å². The van der Waals surface area contributed by atoms with Crippen molar-refractivity contribution in [3.8, 4) is 0 Å². The maximum absolute atomic E-state index is 14.5. The maximum atomic E-state index is 14.5. The number of allylic oxidation sites excluding steroid dienone is 1. The predicted octanol–water partition coefficient (Wildman–Crippen LogP) is 9.08. The molecular formula is C43H64N2O5. The molecule has 5 saturated carbocycles. The number of aryl methyl sites for hydroxylation is 1. The summed E-state index contributed by atoms with van der Waals surface area (Å²) in [6.45, 7) is 24.8. The number of carbonyl (C=O) groups is 3. The van der Waals surface area contributed by atoms with Gasteiger partial charge in [-0.05, 0) is 149 Å². The Bertz CT molecular complexity index is 1550. The van der Waals surface area contributed by atoms with E-state index >= 15 is 0 Å². The third kappa shape index (κ3) is 5.49. The number of amides is 1. The van der Waals surface area contributed by atoms with Gasteiger partial charge in [0.2, 0.25) is 5.91 Å². The molecule has 0 aliphatic heterocycles. The van der Waals surface area contributed by atoms with Crippen LogP contribution in [-0.2, 0) is 25.7 Å². The number of rotatable bonds is 8. The van der Waals surface area contributed by atoms with Crippen molar-refractivity contribution in [2.45, 2.75) is 146 Å². The van der Waals surface area contributed by atoms with E-state index in [0.29, 0.717) is 36.1 Å². The third-order valence-corrected chi connectivity index (χ3v) is 16.4. The molecule has 0 spiro atoms. The predicted molar refractivity (Wildman–Crippen MR) is 196 cm³/mol. The van der Waals surface area contributed by atoms with Gasteiger partial charge in [-0.1, -0.05) is 52.8 Å². The molecule has 0 saturated heterocycles. The molecule has 0 radical (unpaired) electrons. The molecule has 1 aromatic rings. The quantitative estimate of drug-likeness (QED) is 0.209. The van der Waals surface area contributed by atoms with Gasteiger partial charge >= 0.3 is 11.9 Å². The lowest BCUT2D eigenvalue weighted by molar-refractivity contribution is -0.249. The standard InChI is InChI=1S/C43H64N2O5/c1-26(2)28-15-20-43(36(47)45-25-30-27(3)12-11-23-44-30)22-21-41(9)29(35(28)43)13-14-32-40(8)18-17-33(50-34(46)24-38(4,5)37(48)49)39(6,7)31(40)16-19-42(32,41)10/h11-12,23,28-29,31-33,35H,1,13-22,24-25H2,2-10H3,(H,45,47)(H,48,49)/t28-,29?,31?,32?,33-,35?,40-,41+,42+,43-/m0/s1. The second-order valence-electron chi connectivity index (χ2n) is 19.5. The monoisotopic (exact) mass is 688 g/mol. The molecular weight excluding hydrogens is 624 g/mol. The van der Waals surface area contributed by atoms with E-state index in [1.165, 1.54) is 12.0 Å². The van der Waals surface area contributed by atoms with E-state index in [9.17, 15) is 19.5 Å². The zero-order valence-corrected chi connectivity index (χ0v) is 32.4. The number of esters is 1. The smallest absolute Gasteiger partial charge is 0.309 e. The van der Waals surface area contributed by atoms with Crippen molar-refractivity contribution >= 4 is 17.8 Å². The second-order valence-corrected chi connectivity index (χ2v) is 19.5. The van der Waals surface area contributed by atoms with Crippen LogP contribution < -0.4 is 5.32 Å². The summed E-state index contributed by atoms with van der Waals surface area (Å²) in [5.41, 5.74) is 1.94. The Morgan fingerprint density at radius 1 is 0.960 bits per heavy atom. The average molecular weight is 689 g/mol. The fourth-order valence-corrected chi connectivity index (χ4v) is 13.4. The molecule has 7 nitrogen and oxygen atoms in total. The van der Waals surface area contributed by atoms with Crippen molar-refractivity contribution in [2.24, 2.45) is 62.1 Å². The van der Waals surface area contributed by atoms with Crippen molar-refractivity contribution in [3.63, 3.8) is 0 Å². The molecule has 5 aliphatic rings. The van der Waals surface area contributed by atoms with Gasteiger partial charge < -0.3 is 15.2 Å². The van der Waals surface area contributed by atoms with Crippen LogP contribution in [0.4, 0.5) is 0 Å². The average Bonchev–Trinajstić information content (AvgIpc) is 3.43. The van der Waals surface area contributed by atoms with Gasteiger partial charge in [0.15, 0.2) is 0 Å². The number of carbonyl (C=O) groups excluding carboxylic acids is 2. The first-order valence-electron chi connectivity index (χ1n) is 19.5. The number of hydrogen-bond donors (Lipinski definition) is 2. The molecule has 1 amide bonds. The molecule has 5 fully saturated rings. The summed E-state index contributed by atoms with van der Waals surface area (Å²) in [7, 11) is 0. The summed E-state index contributed by atoms with van der Waals surface area (Å²) in [6.07, 6.45) is 11.8. The van der Waals surface area contributed by atoms with Crippen LogP contribution >= 0.6 is 0 Å². The minimum Gasteiger partial charge on any atom is -0.481 e. The normalized spacial score (nSPS) is 40.3. The van der Waals surface area contributed by atoms with Crippen molar-refractivity contribution in [3.05, 3.63) is 41.7 Å². The van der Waals surface area contributed by atoms with Crippen LogP contribution in [0.2, 0.25) is 0 Å². The van der Waals surface area contributed by atoms with E-state index in [2.05, 4.69) is 71.4 Å². The zero-order chi connectivity index (χ0) is 36.7. The van der Waals surface area contributed by atoms with Crippen molar-refractivity contribution in [1.29, 1.82) is 0 Å². The van der Waals surface area contributed by atoms with Crippen LogP contribution in [0.3, 0.4) is 0 Å². The fourth-order valence-electron chi connectivity index (χ4n) is 13.4. The van der Waals surface area contributed by atoms with E-state index in [4.69, 9.17) is 4.74 Å². The first kappa shape index (κ1) is 37.1. The van der Waals surface area contributed by atoms with Gasteiger partial charge in [-0.3, -0.25) is 19.4 Å². The largest absolute Gasteiger partial charge is 0.481 e. The lowest BCUT2D eigenvalue weighted by Crippen LogP contribution is -2.67. The van der Waals surface area contributed by atoms with Crippen LogP contribution in [-0.4, -0.2) is 34.0 Å². The van der Waals surface area contributed by atoms with Gasteiger partial charge in [-0.25, -0.2) is 0 Å². The van der Waals surface area contributed by atoms with Crippen LogP contribution in [0.25, 0.3) is 0 Å². The number of ether oxygens (including phenoxy) is 1. The Hall–Kier alpha value is -2.70. The lowest BCUT2D eigenvalue weighted by Gasteiger charge is -2.72. The molecule has 276 valence electrons. The number of nitrogens with zero attached hydrogens (tertiary/aromatic N) is 1. The third-order valence-electron chi connectivity index (χ3n) is 16.4. The van der Waals surface area contributed by atoms with Gasteiger partial charge in [0.25, 0.3) is 0 Å². The van der Waals surface area contributed by atoms with E-state index in [1.807, 2.05) is 12.3 Å². The highest BCUT2D eigenvalue weighted by atomic mass is 16.5. The molecule has 1 aromatic heterocycles. The van der Waals surface area contributed by atoms with Gasteiger partial charge in [-0.15, -0.1) is 0 Å². The first-order valence-corrected chi connectivity index (χ1v) is 19.5.